The summed E-state index contributed by atoms with van der Waals surface area (Å²) in [5.41, 5.74) is 8.92. The highest BCUT2D eigenvalue weighted by molar-refractivity contribution is 9.10. The normalized spacial score (nSPS) is 20.8. The van der Waals surface area contributed by atoms with Crippen LogP contribution in [0.15, 0.2) is 16.6 Å². The standard InChI is InChI=1S/C15H20BrNO/c16-12-8-11-5-6-18-15(11)13(9-12)14(17)7-10-3-1-2-4-10/h8-10,14H,1-7,17H2. The molecule has 1 aromatic carbocycles. The van der Waals surface area contributed by atoms with Crippen molar-refractivity contribution < 1.29 is 4.74 Å². The summed E-state index contributed by atoms with van der Waals surface area (Å²) in [5, 5.41) is 0. The Morgan fingerprint density at radius 2 is 2.11 bits per heavy atom. The Morgan fingerprint density at radius 1 is 1.33 bits per heavy atom. The molecule has 0 bridgehead atoms. The molecule has 18 heavy (non-hydrogen) atoms. The van der Waals surface area contributed by atoms with Crippen molar-refractivity contribution in [1.82, 2.24) is 0 Å². The average molecular weight is 310 g/mol. The lowest BCUT2D eigenvalue weighted by Crippen LogP contribution is -2.15. The molecule has 3 heteroatoms. The van der Waals surface area contributed by atoms with Gasteiger partial charge in [0.1, 0.15) is 5.75 Å². The molecule has 0 spiro atoms. The first-order valence-electron chi connectivity index (χ1n) is 6.95. The molecule has 3 rings (SSSR count). The lowest BCUT2D eigenvalue weighted by molar-refractivity contribution is 0.347. The topological polar surface area (TPSA) is 35.2 Å². The first-order chi connectivity index (χ1) is 8.74. The summed E-state index contributed by atoms with van der Waals surface area (Å²) in [6.45, 7) is 0.801. The van der Waals surface area contributed by atoms with Gasteiger partial charge in [-0.2, -0.15) is 0 Å². The zero-order valence-corrected chi connectivity index (χ0v) is 12.2. The zero-order valence-electron chi connectivity index (χ0n) is 10.6. The van der Waals surface area contributed by atoms with Crippen molar-refractivity contribution in [3.63, 3.8) is 0 Å². The highest BCUT2D eigenvalue weighted by Crippen LogP contribution is 2.39. The van der Waals surface area contributed by atoms with Crippen molar-refractivity contribution in [3.05, 3.63) is 27.7 Å². The van der Waals surface area contributed by atoms with Crippen molar-refractivity contribution in [3.8, 4) is 5.75 Å². The second-order valence-electron chi connectivity index (χ2n) is 5.57. The molecule has 2 nitrogen and oxygen atoms in total. The second-order valence-corrected chi connectivity index (χ2v) is 6.49. The zero-order chi connectivity index (χ0) is 12.5. The van der Waals surface area contributed by atoms with E-state index in [0.717, 1.165) is 35.6 Å². The van der Waals surface area contributed by atoms with Gasteiger partial charge in [0, 0.05) is 22.5 Å². The number of rotatable bonds is 3. The van der Waals surface area contributed by atoms with Gasteiger partial charge in [-0.1, -0.05) is 41.6 Å². The van der Waals surface area contributed by atoms with Crippen molar-refractivity contribution in [1.29, 1.82) is 0 Å². The SMILES string of the molecule is NC(CC1CCCC1)c1cc(Br)cc2c1OCC2. The van der Waals surface area contributed by atoms with E-state index in [1.54, 1.807) is 0 Å². The Bertz CT molecular complexity index is 440. The number of hydrogen-bond donors (Lipinski definition) is 1. The smallest absolute Gasteiger partial charge is 0.127 e. The molecule has 0 aromatic heterocycles. The van der Waals surface area contributed by atoms with Gasteiger partial charge in [0.25, 0.3) is 0 Å². The van der Waals surface area contributed by atoms with E-state index in [9.17, 15) is 0 Å². The van der Waals surface area contributed by atoms with Crippen LogP contribution in [-0.2, 0) is 6.42 Å². The third kappa shape index (κ3) is 2.43. The van der Waals surface area contributed by atoms with Gasteiger partial charge < -0.3 is 10.5 Å². The number of ether oxygens (including phenoxy) is 1. The summed E-state index contributed by atoms with van der Waals surface area (Å²) in [6, 6.07) is 4.43. The molecular formula is C15H20BrNO. The lowest BCUT2D eigenvalue weighted by Gasteiger charge is -2.19. The summed E-state index contributed by atoms with van der Waals surface area (Å²) >= 11 is 3.59. The van der Waals surface area contributed by atoms with Crippen LogP contribution in [0.5, 0.6) is 5.75 Å². The first kappa shape index (κ1) is 12.5. The van der Waals surface area contributed by atoms with Crippen molar-refractivity contribution in [2.75, 3.05) is 6.61 Å². The molecule has 2 aliphatic rings. The molecule has 1 fully saturated rings. The largest absolute Gasteiger partial charge is 0.493 e. The van der Waals surface area contributed by atoms with Crippen molar-refractivity contribution >= 4 is 15.9 Å². The van der Waals surface area contributed by atoms with E-state index >= 15 is 0 Å². The summed E-state index contributed by atoms with van der Waals surface area (Å²) in [7, 11) is 0. The van der Waals surface area contributed by atoms with E-state index in [2.05, 4.69) is 28.1 Å². The third-order valence-electron chi connectivity index (χ3n) is 4.24. The van der Waals surface area contributed by atoms with Gasteiger partial charge in [0.05, 0.1) is 6.61 Å². The average Bonchev–Trinajstić information content (AvgIpc) is 2.97. The van der Waals surface area contributed by atoms with Crippen LogP contribution in [0.1, 0.15) is 49.3 Å². The van der Waals surface area contributed by atoms with E-state index in [1.165, 1.54) is 36.8 Å². The fourth-order valence-corrected chi connectivity index (χ4v) is 3.83. The predicted molar refractivity (Wildman–Crippen MR) is 76.8 cm³/mol. The van der Waals surface area contributed by atoms with Crippen LogP contribution < -0.4 is 10.5 Å². The van der Waals surface area contributed by atoms with Gasteiger partial charge in [-0.3, -0.25) is 0 Å². The van der Waals surface area contributed by atoms with E-state index in [-0.39, 0.29) is 6.04 Å². The molecule has 1 aliphatic carbocycles. The van der Waals surface area contributed by atoms with Gasteiger partial charge in [-0.25, -0.2) is 0 Å². The molecule has 0 saturated heterocycles. The minimum Gasteiger partial charge on any atom is -0.493 e. The molecular weight excluding hydrogens is 290 g/mol. The quantitative estimate of drug-likeness (QED) is 0.917. The van der Waals surface area contributed by atoms with Crippen molar-refractivity contribution in [2.24, 2.45) is 11.7 Å². The molecule has 1 heterocycles. The maximum atomic E-state index is 6.42. The molecule has 1 atom stereocenters. The minimum atomic E-state index is 0.123. The van der Waals surface area contributed by atoms with E-state index in [4.69, 9.17) is 10.5 Å². The van der Waals surface area contributed by atoms with Crippen LogP contribution in [0.2, 0.25) is 0 Å². The summed E-state index contributed by atoms with van der Waals surface area (Å²) in [6.07, 6.45) is 7.58. The number of halogens is 1. The molecule has 1 unspecified atom stereocenters. The van der Waals surface area contributed by atoms with Gasteiger partial charge >= 0.3 is 0 Å². The van der Waals surface area contributed by atoms with Gasteiger partial charge in [0.2, 0.25) is 0 Å². The molecule has 2 N–H and O–H groups in total. The van der Waals surface area contributed by atoms with E-state index in [0.29, 0.717) is 0 Å². The first-order valence-corrected chi connectivity index (χ1v) is 7.74. The Labute approximate surface area is 117 Å². The van der Waals surface area contributed by atoms with Crippen LogP contribution in [0, 0.1) is 5.92 Å². The number of benzene rings is 1. The number of fused-ring (bicyclic) bond motifs is 1. The van der Waals surface area contributed by atoms with E-state index in [1.807, 2.05) is 0 Å². The number of nitrogens with two attached hydrogens (primary N) is 1. The Morgan fingerprint density at radius 3 is 2.89 bits per heavy atom. The van der Waals surface area contributed by atoms with Crippen LogP contribution >= 0.6 is 15.9 Å². The predicted octanol–water partition coefficient (Wildman–Crippen LogP) is 3.96. The van der Waals surface area contributed by atoms with Crippen LogP contribution in [0.3, 0.4) is 0 Å². The van der Waals surface area contributed by atoms with Crippen LogP contribution in [0.25, 0.3) is 0 Å². The fourth-order valence-electron chi connectivity index (χ4n) is 3.31. The maximum absolute atomic E-state index is 6.42. The molecule has 0 radical (unpaired) electrons. The molecule has 98 valence electrons. The Balaban J connectivity index is 1.82. The maximum Gasteiger partial charge on any atom is 0.127 e. The highest BCUT2D eigenvalue weighted by Gasteiger charge is 2.24. The Hall–Kier alpha value is -0.540. The minimum absolute atomic E-state index is 0.123. The monoisotopic (exact) mass is 309 g/mol. The van der Waals surface area contributed by atoms with Gasteiger partial charge in [0.15, 0.2) is 0 Å². The Kier molecular flexibility index (Phi) is 3.62. The van der Waals surface area contributed by atoms with Crippen LogP contribution in [0.4, 0.5) is 0 Å². The number of hydrogen-bond acceptors (Lipinski definition) is 2. The molecule has 1 saturated carbocycles. The second kappa shape index (κ2) is 5.22. The van der Waals surface area contributed by atoms with Gasteiger partial charge in [-0.15, -0.1) is 0 Å². The van der Waals surface area contributed by atoms with Gasteiger partial charge in [-0.05, 0) is 30.0 Å². The highest BCUT2D eigenvalue weighted by atomic mass is 79.9. The summed E-state index contributed by atoms with van der Waals surface area (Å²) in [4.78, 5) is 0. The summed E-state index contributed by atoms with van der Waals surface area (Å²) in [5.74, 6) is 1.87. The van der Waals surface area contributed by atoms with Crippen LogP contribution in [-0.4, -0.2) is 6.61 Å². The summed E-state index contributed by atoms with van der Waals surface area (Å²) < 4.78 is 6.90. The fraction of sp³-hybridized carbons (Fsp3) is 0.600. The van der Waals surface area contributed by atoms with E-state index < -0.39 is 0 Å². The van der Waals surface area contributed by atoms with Crippen molar-refractivity contribution in [2.45, 2.75) is 44.6 Å². The molecule has 1 aromatic rings. The molecule has 1 aliphatic heterocycles. The third-order valence-corrected chi connectivity index (χ3v) is 4.70. The molecule has 0 amide bonds. The lowest BCUT2D eigenvalue weighted by atomic mass is 9.92.